The highest BCUT2D eigenvalue weighted by molar-refractivity contribution is 7.99. The van der Waals surface area contributed by atoms with E-state index in [2.05, 4.69) is 9.97 Å². The fourth-order valence-corrected chi connectivity index (χ4v) is 2.38. The van der Waals surface area contributed by atoms with Crippen molar-refractivity contribution in [1.29, 1.82) is 0 Å². The first kappa shape index (κ1) is 13.6. The number of rotatable bonds is 4. The standard InChI is InChI=1S/C13H15N3O2S/c1-3-19-13-15-11(17)14-12(18)16(13)8-10-6-4-9(2)5-7-10/h4-7H,3,8H2,1-2H3,(H,14,17,18). The number of nitrogens with zero attached hydrogens (tertiary/aromatic N) is 2. The normalized spacial score (nSPS) is 10.6. The molecular formula is C13H15N3O2S. The molecule has 0 aliphatic heterocycles. The molecular weight excluding hydrogens is 262 g/mol. The number of thioether (sulfide) groups is 1. The summed E-state index contributed by atoms with van der Waals surface area (Å²) in [6.07, 6.45) is 0. The Hall–Kier alpha value is -1.82. The summed E-state index contributed by atoms with van der Waals surface area (Å²) in [5, 5.41) is 0.455. The zero-order valence-corrected chi connectivity index (χ0v) is 11.7. The maximum Gasteiger partial charge on any atom is 0.351 e. The Kier molecular flexibility index (Phi) is 4.21. The van der Waals surface area contributed by atoms with Crippen LogP contribution in [0.2, 0.25) is 0 Å². The van der Waals surface area contributed by atoms with Gasteiger partial charge in [-0.1, -0.05) is 48.5 Å². The maximum absolute atomic E-state index is 11.9. The number of aryl methyl sites for hydroxylation is 1. The Balaban J connectivity index is 2.41. The van der Waals surface area contributed by atoms with Crippen molar-refractivity contribution in [2.75, 3.05) is 5.75 Å². The summed E-state index contributed by atoms with van der Waals surface area (Å²) >= 11 is 1.38. The number of hydrogen-bond acceptors (Lipinski definition) is 4. The molecule has 0 aliphatic carbocycles. The molecule has 100 valence electrons. The molecule has 0 saturated carbocycles. The second kappa shape index (κ2) is 5.88. The van der Waals surface area contributed by atoms with E-state index in [0.717, 1.165) is 11.3 Å². The molecule has 0 fully saturated rings. The third kappa shape index (κ3) is 3.35. The summed E-state index contributed by atoms with van der Waals surface area (Å²) in [5.41, 5.74) is 1.15. The predicted molar refractivity (Wildman–Crippen MR) is 75.8 cm³/mol. The zero-order valence-electron chi connectivity index (χ0n) is 10.8. The minimum Gasteiger partial charge on any atom is -0.268 e. The lowest BCUT2D eigenvalue weighted by Crippen LogP contribution is -2.33. The van der Waals surface area contributed by atoms with Gasteiger partial charge in [0.15, 0.2) is 5.16 Å². The lowest BCUT2D eigenvalue weighted by molar-refractivity contribution is 0.602. The van der Waals surface area contributed by atoms with E-state index in [1.807, 2.05) is 38.1 Å². The molecule has 1 aromatic carbocycles. The largest absolute Gasteiger partial charge is 0.351 e. The van der Waals surface area contributed by atoms with Crippen LogP contribution in [-0.4, -0.2) is 20.3 Å². The highest BCUT2D eigenvalue weighted by Gasteiger charge is 2.08. The zero-order chi connectivity index (χ0) is 13.8. The third-order valence-corrected chi connectivity index (χ3v) is 3.48. The van der Waals surface area contributed by atoms with E-state index in [1.165, 1.54) is 21.9 Å². The van der Waals surface area contributed by atoms with E-state index < -0.39 is 11.4 Å². The Labute approximate surface area is 114 Å². The molecule has 0 aliphatic rings. The number of nitrogens with one attached hydrogen (secondary N) is 1. The lowest BCUT2D eigenvalue weighted by Gasteiger charge is -2.09. The van der Waals surface area contributed by atoms with Crippen LogP contribution in [0.15, 0.2) is 39.0 Å². The maximum atomic E-state index is 11.9. The molecule has 19 heavy (non-hydrogen) atoms. The summed E-state index contributed by atoms with van der Waals surface area (Å²) in [7, 11) is 0. The van der Waals surface area contributed by atoms with Gasteiger partial charge in [0.2, 0.25) is 0 Å². The van der Waals surface area contributed by atoms with Crippen LogP contribution in [0.4, 0.5) is 0 Å². The van der Waals surface area contributed by atoms with Crippen LogP contribution in [-0.2, 0) is 6.54 Å². The van der Waals surface area contributed by atoms with Gasteiger partial charge in [-0.05, 0) is 18.2 Å². The van der Waals surface area contributed by atoms with Crippen molar-refractivity contribution in [2.24, 2.45) is 0 Å². The van der Waals surface area contributed by atoms with Crippen LogP contribution in [0, 0.1) is 6.92 Å². The van der Waals surface area contributed by atoms with Crippen molar-refractivity contribution in [2.45, 2.75) is 25.5 Å². The van der Waals surface area contributed by atoms with E-state index in [9.17, 15) is 9.59 Å². The smallest absolute Gasteiger partial charge is 0.268 e. The predicted octanol–water partition coefficient (Wildman–Crippen LogP) is 1.40. The van der Waals surface area contributed by atoms with Crippen molar-refractivity contribution < 1.29 is 0 Å². The van der Waals surface area contributed by atoms with Crippen LogP contribution in [0.5, 0.6) is 0 Å². The van der Waals surface area contributed by atoms with Crippen LogP contribution >= 0.6 is 11.8 Å². The van der Waals surface area contributed by atoms with Gasteiger partial charge >= 0.3 is 11.4 Å². The van der Waals surface area contributed by atoms with Gasteiger partial charge in [0.25, 0.3) is 0 Å². The fraction of sp³-hybridized carbons (Fsp3) is 0.308. The summed E-state index contributed by atoms with van der Waals surface area (Å²) in [4.78, 5) is 29.2. The summed E-state index contributed by atoms with van der Waals surface area (Å²) < 4.78 is 1.49. The lowest BCUT2D eigenvalue weighted by atomic mass is 10.1. The van der Waals surface area contributed by atoms with Gasteiger partial charge in [-0.25, -0.2) is 9.59 Å². The van der Waals surface area contributed by atoms with Gasteiger partial charge < -0.3 is 0 Å². The summed E-state index contributed by atoms with van der Waals surface area (Å²) in [6, 6.07) is 7.92. The van der Waals surface area contributed by atoms with Crippen molar-refractivity contribution in [3.63, 3.8) is 0 Å². The minimum absolute atomic E-state index is 0.408. The first-order valence-electron chi connectivity index (χ1n) is 5.99. The van der Waals surface area contributed by atoms with Crippen molar-refractivity contribution in [1.82, 2.24) is 14.5 Å². The fourth-order valence-electron chi connectivity index (χ4n) is 1.68. The quantitative estimate of drug-likeness (QED) is 0.858. The Morgan fingerprint density at radius 1 is 1.26 bits per heavy atom. The highest BCUT2D eigenvalue weighted by Crippen LogP contribution is 2.13. The molecule has 0 bridgehead atoms. The molecule has 1 N–H and O–H groups in total. The van der Waals surface area contributed by atoms with Gasteiger partial charge in [0.05, 0.1) is 6.54 Å². The van der Waals surface area contributed by atoms with Gasteiger partial charge in [-0.2, -0.15) is 4.98 Å². The minimum atomic E-state index is -0.596. The second-order valence-corrected chi connectivity index (χ2v) is 5.37. The van der Waals surface area contributed by atoms with Crippen molar-refractivity contribution >= 4 is 11.8 Å². The van der Waals surface area contributed by atoms with Crippen LogP contribution in [0.25, 0.3) is 0 Å². The van der Waals surface area contributed by atoms with Gasteiger partial charge in [-0.15, -0.1) is 0 Å². The molecule has 0 amide bonds. The molecule has 2 aromatic rings. The topological polar surface area (TPSA) is 67.8 Å². The molecule has 0 radical (unpaired) electrons. The van der Waals surface area contributed by atoms with Crippen LogP contribution < -0.4 is 11.4 Å². The van der Waals surface area contributed by atoms with E-state index in [4.69, 9.17) is 0 Å². The molecule has 5 nitrogen and oxygen atoms in total. The van der Waals surface area contributed by atoms with Gasteiger partial charge in [0.1, 0.15) is 0 Å². The van der Waals surface area contributed by atoms with E-state index >= 15 is 0 Å². The van der Waals surface area contributed by atoms with E-state index in [0.29, 0.717) is 11.7 Å². The molecule has 0 spiro atoms. The first-order chi connectivity index (χ1) is 9.10. The number of hydrogen-bond donors (Lipinski definition) is 1. The average molecular weight is 277 g/mol. The third-order valence-electron chi connectivity index (χ3n) is 2.62. The number of H-pyrrole nitrogens is 1. The molecule has 1 aromatic heterocycles. The van der Waals surface area contributed by atoms with E-state index in [-0.39, 0.29) is 0 Å². The number of benzene rings is 1. The average Bonchev–Trinajstić information content (AvgIpc) is 2.36. The Bertz CT molecular complexity index is 674. The SMILES string of the molecule is CCSc1nc(=O)[nH]c(=O)n1Cc1ccc(C)cc1. The van der Waals surface area contributed by atoms with Crippen LogP contribution in [0.3, 0.4) is 0 Å². The molecule has 1 heterocycles. The molecule has 0 unspecified atom stereocenters. The van der Waals surface area contributed by atoms with Crippen LogP contribution in [0.1, 0.15) is 18.1 Å². The Morgan fingerprint density at radius 2 is 1.95 bits per heavy atom. The van der Waals surface area contributed by atoms with E-state index in [1.54, 1.807) is 0 Å². The summed E-state index contributed by atoms with van der Waals surface area (Å²) in [5.74, 6) is 0.754. The number of aromatic amines is 1. The Morgan fingerprint density at radius 3 is 2.58 bits per heavy atom. The van der Waals surface area contributed by atoms with Gasteiger partial charge in [0, 0.05) is 0 Å². The van der Waals surface area contributed by atoms with Crippen molar-refractivity contribution in [3.8, 4) is 0 Å². The monoisotopic (exact) mass is 277 g/mol. The molecule has 0 saturated heterocycles. The van der Waals surface area contributed by atoms with Crippen molar-refractivity contribution in [3.05, 3.63) is 56.4 Å². The summed E-state index contributed by atoms with van der Waals surface area (Å²) in [6.45, 7) is 4.37. The number of aromatic nitrogens is 3. The molecule has 6 heteroatoms. The van der Waals surface area contributed by atoms with Gasteiger partial charge in [-0.3, -0.25) is 9.55 Å². The highest BCUT2D eigenvalue weighted by atomic mass is 32.2. The first-order valence-corrected chi connectivity index (χ1v) is 6.98. The molecule has 2 rings (SSSR count). The molecule has 0 atom stereocenters. The second-order valence-electron chi connectivity index (χ2n) is 4.13.